The Bertz CT molecular complexity index is 1460. The highest BCUT2D eigenvalue weighted by Crippen LogP contribution is 2.33. The van der Waals surface area contributed by atoms with E-state index in [1.807, 2.05) is 61.5 Å². The molecule has 5 aromatic rings. The van der Waals surface area contributed by atoms with Crippen molar-refractivity contribution in [1.29, 1.82) is 0 Å². The van der Waals surface area contributed by atoms with E-state index in [0.29, 0.717) is 21.8 Å². The van der Waals surface area contributed by atoms with E-state index in [1.54, 1.807) is 12.1 Å². The van der Waals surface area contributed by atoms with Crippen molar-refractivity contribution in [3.63, 3.8) is 0 Å². The van der Waals surface area contributed by atoms with Gasteiger partial charge in [-0.15, -0.1) is 0 Å². The van der Waals surface area contributed by atoms with Gasteiger partial charge in [0.15, 0.2) is 5.76 Å². The maximum atomic E-state index is 13.4. The Morgan fingerprint density at radius 3 is 2.48 bits per heavy atom. The zero-order chi connectivity index (χ0) is 21.4. The molecule has 0 amide bonds. The minimum absolute atomic E-state index is 0.185. The summed E-state index contributed by atoms with van der Waals surface area (Å²) in [6.07, 6.45) is 0. The van der Waals surface area contributed by atoms with Crippen LogP contribution in [0.15, 0.2) is 94.1 Å². The molecule has 152 valence electrons. The predicted octanol–water partition coefficient (Wildman–Crippen LogP) is 7.15. The van der Waals surface area contributed by atoms with Gasteiger partial charge < -0.3 is 9.15 Å². The third-order valence-electron chi connectivity index (χ3n) is 5.36. The van der Waals surface area contributed by atoms with Crippen molar-refractivity contribution >= 4 is 33.3 Å². The van der Waals surface area contributed by atoms with E-state index in [2.05, 4.69) is 18.2 Å². The third-order valence-corrected chi connectivity index (χ3v) is 5.61. The third kappa shape index (κ3) is 3.69. The molecular formula is C27H19ClO3. The molecule has 0 atom stereocenters. The topological polar surface area (TPSA) is 39.4 Å². The van der Waals surface area contributed by atoms with Crippen LogP contribution in [0, 0.1) is 6.92 Å². The lowest BCUT2D eigenvalue weighted by molar-refractivity contribution is 0.299. The molecule has 0 N–H and O–H groups in total. The second kappa shape index (κ2) is 7.93. The molecule has 0 aliphatic heterocycles. The van der Waals surface area contributed by atoms with E-state index in [9.17, 15) is 4.79 Å². The highest BCUT2D eigenvalue weighted by molar-refractivity contribution is 6.30. The molecule has 0 bridgehead atoms. The largest absolute Gasteiger partial charge is 0.481 e. The van der Waals surface area contributed by atoms with Crippen molar-refractivity contribution in [3.8, 4) is 17.1 Å². The van der Waals surface area contributed by atoms with Gasteiger partial charge in [-0.3, -0.25) is 4.79 Å². The molecule has 1 aromatic heterocycles. The number of benzene rings is 4. The van der Waals surface area contributed by atoms with Crippen molar-refractivity contribution < 1.29 is 9.15 Å². The Morgan fingerprint density at radius 2 is 1.65 bits per heavy atom. The van der Waals surface area contributed by atoms with Crippen molar-refractivity contribution in [1.82, 2.24) is 0 Å². The lowest BCUT2D eigenvalue weighted by Crippen LogP contribution is -2.10. The second-order valence-electron chi connectivity index (χ2n) is 7.52. The van der Waals surface area contributed by atoms with E-state index in [1.165, 1.54) is 0 Å². The maximum Gasteiger partial charge on any atom is 0.235 e. The predicted molar refractivity (Wildman–Crippen MR) is 126 cm³/mol. The zero-order valence-electron chi connectivity index (χ0n) is 16.9. The van der Waals surface area contributed by atoms with Gasteiger partial charge in [0.25, 0.3) is 0 Å². The Hall–Kier alpha value is -3.56. The number of halogens is 1. The normalized spacial score (nSPS) is 11.2. The number of aryl methyl sites for hydroxylation is 1. The van der Waals surface area contributed by atoms with Gasteiger partial charge in [0.1, 0.15) is 12.2 Å². The lowest BCUT2D eigenvalue weighted by Gasteiger charge is -2.13. The molecule has 0 unspecified atom stereocenters. The molecule has 0 saturated carbocycles. The standard InChI is InChI=1S/C27H19ClO3/c1-17-9-14-24-23(15-17)25(29)27(26(31-24)19-10-12-21(28)13-11-19)30-16-20-7-4-6-18-5-2-3-8-22(18)20/h2-15H,16H2,1H3. The molecule has 1 heterocycles. The van der Waals surface area contributed by atoms with Gasteiger partial charge in [-0.25, -0.2) is 0 Å². The molecule has 0 radical (unpaired) electrons. The Labute approximate surface area is 184 Å². The molecule has 4 aromatic carbocycles. The summed E-state index contributed by atoms with van der Waals surface area (Å²) in [5.74, 6) is 0.603. The van der Waals surface area contributed by atoms with Crippen LogP contribution < -0.4 is 10.2 Å². The summed E-state index contributed by atoms with van der Waals surface area (Å²) in [7, 11) is 0. The number of rotatable bonds is 4. The first-order valence-corrected chi connectivity index (χ1v) is 10.4. The Morgan fingerprint density at radius 1 is 0.871 bits per heavy atom. The quantitative estimate of drug-likeness (QED) is 0.306. The second-order valence-corrected chi connectivity index (χ2v) is 7.96. The molecule has 5 rings (SSSR count). The van der Waals surface area contributed by atoms with Gasteiger partial charge in [-0.05, 0) is 59.7 Å². The Kier molecular flexibility index (Phi) is 4.97. The molecule has 0 aliphatic rings. The summed E-state index contributed by atoms with van der Waals surface area (Å²) in [6.45, 7) is 2.20. The van der Waals surface area contributed by atoms with Gasteiger partial charge in [0.2, 0.25) is 11.2 Å². The van der Waals surface area contributed by atoms with E-state index in [-0.39, 0.29) is 17.8 Å². The van der Waals surface area contributed by atoms with Crippen molar-refractivity contribution in [2.75, 3.05) is 0 Å². The summed E-state index contributed by atoms with van der Waals surface area (Å²) in [4.78, 5) is 13.4. The van der Waals surface area contributed by atoms with Crippen LogP contribution in [-0.4, -0.2) is 0 Å². The maximum absolute atomic E-state index is 13.4. The average molecular weight is 427 g/mol. The van der Waals surface area contributed by atoms with Crippen LogP contribution in [0.2, 0.25) is 5.02 Å². The first-order valence-electron chi connectivity index (χ1n) is 10.0. The number of ether oxygens (including phenoxy) is 1. The van der Waals surface area contributed by atoms with E-state index in [4.69, 9.17) is 20.8 Å². The SMILES string of the molecule is Cc1ccc2oc(-c3ccc(Cl)cc3)c(OCc3cccc4ccccc34)c(=O)c2c1. The van der Waals surface area contributed by atoms with Crippen molar-refractivity contribution in [2.45, 2.75) is 13.5 Å². The summed E-state index contributed by atoms with van der Waals surface area (Å²) >= 11 is 6.06. The number of hydrogen-bond donors (Lipinski definition) is 0. The molecule has 31 heavy (non-hydrogen) atoms. The summed E-state index contributed by atoms with van der Waals surface area (Å²) in [5, 5.41) is 3.34. The minimum atomic E-state index is -0.185. The van der Waals surface area contributed by atoms with E-state index >= 15 is 0 Å². The average Bonchev–Trinajstić information content (AvgIpc) is 2.79. The zero-order valence-corrected chi connectivity index (χ0v) is 17.6. The molecule has 0 aliphatic carbocycles. The highest BCUT2D eigenvalue weighted by Gasteiger charge is 2.18. The van der Waals surface area contributed by atoms with Crippen LogP contribution in [-0.2, 0) is 6.61 Å². The first-order chi connectivity index (χ1) is 15.1. The fourth-order valence-electron chi connectivity index (χ4n) is 3.78. The fraction of sp³-hybridized carbons (Fsp3) is 0.0741. The molecule has 0 saturated heterocycles. The molecule has 0 fully saturated rings. The van der Waals surface area contributed by atoms with Crippen LogP contribution in [0.5, 0.6) is 5.75 Å². The van der Waals surface area contributed by atoms with Gasteiger partial charge in [0.05, 0.1) is 5.39 Å². The Balaban J connectivity index is 1.65. The van der Waals surface area contributed by atoms with Crippen LogP contribution >= 0.6 is 11.6 Å². The lowest BCUT2D eigenvalue weighted by atomic mass is 10.1. The van der Waals surface area contributed by atoms with E-state index < -0.39 is 0 Å². The van der Waals surface area contributed by atoms with Crippen LogP contribution in [0.3, 0.4) is 0 Å². The van der Waals surface area contributed by atoms with Crippen molar-refractivity contribution in [2.24, 2.45) is 0 Å². The number of hydrogen-bond acceptors (Lipinski definition) is 3. The smallest absolute Gasteiger partial charge is 0.235 e. The van der Waals surface area contributed by atoms with Gasteiger partial charge in [0, 0.05) is 10.6 Å². The van der Waals surface area contributed by atoms with Gasteiger partial charge in [-0.1, -0.05) is 65.7 Å². The fourth-order valence-corrected chi connectivity index (χ4v) is 3.91. The first kappa shape index (κ1) is 19.4. The van der Waals surface area contributed by atoms with Crippen LogP contribution in [0.1, 0.15) is 11.1 Å². The summed E-state index contributed by atoms with van der Waals surface area (Å²) < 4.78 is 12.3. The summed E-state index contributed by atoms with van der Waals surface area (Å²) in [5.41, 5.74) is 3.06. The molecule has 4 heteroatoms. The van der Waals surface area contributed by atoms with Gasteiger partial charge in [-0.2, -0.15) is 0 Å². The monoisotopic (exact) mass is 426 g/mol. The number of fused-ring (bicyclic) bond motifs is 2. The van der Waals surface area contributed by atoms with Crippen LogP contribution in [0.4, 0.5) is 0 Å². The highest BCUT2D eigenvalue weighted by atomic mass is 35.5. The van der Waals surface area contributed by atoms with Crippen LogP contribution in [0.25, 0.3) is 33.1 Å². The molecule has 3 nitrogen and oxygen atoms in total. The van der Waals surface area contributed by atoms with E-state index in [0.717, 1.165) is 27.5 Å². The molecule has 0 spiro atoms. The molecular weight excluding hydrogens is 408 g/mol. The summed E-state index contributed by atoms with van der Waals surface area (Å²) in [6, 6.07) is 26.9. The minimum Gasteiger partial charge on any atom is -0.481 e. The van der Waals surface area contributed by atoms with Crippen molar-refractivity contribution in [3.05, 3.63) is 111 Å². The van der Waals surface area contributed by atoms with Gasteiger partial charge >= 0.3 is 0 Å².